The van der Waals surface area contributed by atoms with Crippen molar-refractivity contribution in [2.75, 3.05) is 11.9 Å². The lowest BCUT2D eigenvalue weighted by atomic mass is 10.2. The fourth-order valence-electron chi connectivity index (χ4n) is 2.79. The van der Waals surface area contributed by atoms with Gasteiger partial charge in [0.1, 0.15) is 6.54 Å². The molecule has 3 N–H and O–H groups in total. The van der Waals surface area contributed by atoms with E-state index >= 15 is 0 Å². The summed E-state index contributed by atoms with van der Waals surface area (Å²) >= 11 is 5.93. The molecule has 0 radical (unpaired) electrons. The average molecular weight is 425 g/mol. The van der Waals surface area contributed by atoms with Crippen molar-refractivity contribution in [2.45, 2.75) is 26.6 Å². The van der Waals surface area contributed by atoms with Gasteiger partial charge < -0.3 is 16.0 Å². The normalized spacial score (nSPS) is 11.2. The van der Waals surface area contributed by atoms with Gasteiger partial charge in [-0.3, -0.25) is 9.48 Å². The Morgan fingerprint density at radius 2 is 1.93 bits per heavy atom. The number of guanidine groups is 1. The minimum absolute atomic E-state index is 0.127. The van der Waals surface area contributed by atoms with E-state index in [0.29, 0.717) is 13.1 Å². The Bertz CT molecular complexity index is 970. The largest absolute Gasteiger partial charge is 0.357 e. The number of hydrogen-bond acceptors (Lipinski definition) is 3. The summed E-state index contributed by atoms with van der Waals surface area (Å²) < 4.78 is 1.58. The predicted octanol–water partition coefficient (Wildman–Crippen LogP) is 3.43. The molecule has 0 bridgehead atoms. The average Bonchev–Trinajstić information content (AvgIpc) is 3.24. The first-order valence-electron chi connectivity index (χ1n) is 9.75. The molecule has 3 rings (SSSR count). The van der Waals surface area contributed by atoms with Gasteiger partial charge in [0.05, 0.1) is 6.54 Å². The number of rotatable bonds is 8. The van der Waals surface area contributed by atoms with E-state index in [-0.39, 0.29) is 12.5 Å². The highest BCUT2D eigenvalue weighted by molar-refractivity contribution is 6.30. The Labute approximate surface area is 181 Å². The molecule has 0 aliphatic rings. The highest BCUT2D eigenvalue weighted by atomic mass is 35.5. The number of benzene rings is 2. The molecule has 30 heavy (non-hydrogen) atoms. The van der Waals surface area contributed by atoms with Crippen LogP contribution in [0.1, 0.15) is 18.1 Å². The summed E-state index contributed by atoms with van der Waals surface area (Å²) in [6, 6.07) is 17.2. The van der Waals surface area contributed by atoms with Crippen molar-refractivity contribution in [3.8, 4) is 0 Å². The molecule has 0 saturated heterocycles. The van der Waals surface area contributed by atoms with Gasteiger partial charge in [0.25, 0.3) is 0 Å². The van der Waals surface area contributed by atoms with Crippen molar-refractivity contribution in [3.05, 3.63) is 83.1 Å². The monoisotopic (exact) mass is 424 g/mol. The molecule has 0 fully saturated rings. The molecular formula is C22H25ClN6O. The van der Waals surface area contributed by atoms with Gasteiger partial charge in [-0.05, 0) is 48.4 Å². The van der Waals surface area contributed by atoms with Crippen LogP contribution in [0.4, 0.5) is 5.69 Å². The van der Waals surface area contributed by atoms with E-state index in [1.165, 1.54) is 0 Å². The predicted molar refractivity (Wildman–Crippen MR) is 120 cm³/mol. The van der Waals surface area contributed by atoms with Crippen molar-refractivity contribution in [1.82, 2.24) is 20.4 Å². The Kier molecular flexibility index (Phi) is 7.86. The number of amides is 1. The summed E-state index contributed by atoms with van der Waals surface area (Å²) in [5.41, 5.74) is 2.85. The zero-order valence-electron chi connectivity index (χ0n) is 16.8. The highest BCUT2D eigenvalue weighted by Crippen LogP contribution is 2.12. The van der Waals surface area contributed by atoms with E-state index in [2.05, 4.69) is 26.0 Å². The molecule has 0 aliphatic heterocycles. The second-order valence-corrected chi connectivity index (χ2v) is 7.06. The van der Waals surface area contributed by atoms with Gasteiger partial charge >= 0.3 is 0 Å². The number of nitrogens with one attached hydrogen (secondary N) is 3. The van der Waals surface area contributed by atoms with Gasteiger partial charge in [0.2, 0.25) is 5.91 Å². The van der Waals surface area contributed by atoms with Gasteiger partial charge in [-0.2, -0.15) is 5.10 Å². The number of anilines is 1. The summed E-state index contributed by atoms with van der Waals surface area (Å²) in [4.78, 5) is 16.8. The third-order valence-electron chi connectivity index (χ3n) is 4.21. The summed E-state index contributed by atoms with van der Waals surface area (Å²) in [6.07, 6.45) is 3.40. The number of carbonyl (C=O) groups is 1. The third kappa shape index (κ3) is 6.93. The van der Waals surface area contributed by atoms with Crippen molar-refractivity contribution in [2.24, 2.45) is 4.99 Å². The summed E-state index contributed by atoms with van der Waals surface area (Å²) in [5, 5.41) is 14.2. The minimum Gasteiger partial charge on any atom is -0.357 e. The van der Waals surface area contributed by atoms with Crippen LogP contribution in [-0.4, -0.2) is 28.2 Å². The van der Waals surface area contributed by atoms with Crippen LogP contribution in [0.15, 0.2) is 72.0 Å². The molecular weight excluding hydrogens is 400 g/mol. The number of aliphatic imine (C=N–C) groups is 1. The van der Waals surface area contributed by atoms with E-state index in [1.54, 1.807) is 23.1 Å². The van der Waals surface area contributed by atoms with E-state index < -0.39 is 0 Å². The Hall–Kier alpha value is -3.32. The maximum absolute atomic E-state index is 12.2. The van der Waals surface area contributed by atoms with Crippen LogP contribution < -0.4 is 16.0 Å². The van der Waals surface area contributed by atoms with E-state index in [1.807, 2.05) is 55.5 Å². The number of carbonyl (C=O) groups excluding carboxylic acids is 1. The Balaban J connectivity index is 1.57. The van der Waals surface area contributed by atoms with Crippen LogP contribution >= 0.6 is 11.6 Å². The van der Waals surface area contributed by atoms with E-state index in [4.69, 9.17) is 11.6 Å². The lowest BCUT2D eigenvalue weighted by Crippen LogP contribution is -2.36. The van der Waals surface area contributed by atoms with Crippen molar-refractivity contribution < 1.29 is 4.79 Å². The maximum atomic E-state index is 12.2. The molecule has 1 heterocycles. The smallest absolute Gasteiger partial charge is 0.246 e. The second-order valence-electron chi connectivity index (χ2n) is 6.63. The van der Waals surface area contributed by atoms with Crippen LogP contribution in [0.2, 0.25) is 5.02 Å². The Morgan fingerprint density at radius 1 is 1.10 bits per heavy atom. The number of halogens is 1. The van der Waals surface area contributed by atoms with Crippen LogP contribution in [-0.2, 0) is 24.4 Å². The second kappa shape index (κ2) is 11.0. The molecule has 2 aromatic carbocycles. The number of aromatic nitrogens is 2. The zero-order chi connectivity index (χ0) is 21.2. The molecule has 0 saturated carbocycles. The molecule has 1 aromatic heterocycles. The van der Waals surface area contributed by atoms with Gasteiger partial charge in [0.15, 0.2) is 5.96 Å². The van der Waals surface area contributed by atoms with Gasteiger partial charge in [0, 0.05) is 36.2 Å². The van der Waals surface area contributed by atoms with E-state index in [0.717, 1.165) is 34.3 Å². The van der Waals surface area contributed by atoms with Gasteiger partial charge in [-0.15, -0.1) is 0 Å². The molecule has 0 atom stereocenters. The standard InChI is InChI=1S/C22H25ClN6O/c1-2-24-22(25-14-17-7-9-19(23)10-8-17)26-15-18-5-3-6-20(13-18)28-21(30)16-29-12-4-11-27-29/h3-13H,2,14-16H2,1H3,(H,28,30)(H2,24,25,26). The van der Waals surface area contributed by atoms with Crippen LogP contribution in [0.3, 0.4) is 0 Å². The van der Waals surface area contributed by atoms with E-state index in [9.17, 15) is 4.79 Å². The number of nitrogens with zero attached hydrogens (tertiary/aromatic N) is 3. The third-order valence-corrected chi connectivity index (χ3v) is 4.46. The van der Waals surface area contributed by atoms with Crippen molar-refractivity contribution in [1.29, 1.82) is 0 Å². The van der Waals surface area contributed by atoms with Crippen molar-refractivity contribution in [3.63, 3.8) is 0 Å². The molecule has 0 unspecified atom stereocenters. The highest BCUT2D eigenvalue weighted by Gasteiger charge is 2.05. The van der Waals surface area contributed by atoms with Gasteiger partial charge in [-0.25, -0.2) is 4.99 Å². The molecule has 8 heteroatoms. The first-order chi connectivity index (χ1) is 14.6. The summed E-state index contributed by atoms with van der Waals surface area (Å²) in [6.45, 7) is 4.09. The first-order valence-corrected chi connectivity index (χ1v) is 10.1. The quantitative estimate of drug-likeness (QED) is 0.382. The lowest BCUT2D eigenvalue weighted by Gasteiger charge is -2.12. The Morgan fingerprint density at radius 3 is 2.67 bits per heavy atom. The molecule has 7 nitrogen and oxygen atoms in total. The molecule has 0 aliphatic carbocycles. The molecule has 0 spiro atoms. The molecule has 1 amide bonds. The molecule has 3 aromatic rings. The van der Waals surface area contributed by atoms with Crippen LogP contribution in [0.25, 0.3) is 0 Å². The zero-order valence-corrected chi connectivity index (χ0v) is 17.6. The maximum Gasteiger partial charge on any atom is 0.246 e. The van der Waals surface area contributed by atoms with Crippen molar-refractivity contribution >= 4 is 29.2 Å². The number of hydrogen-bond donors (Lipinski definition) is 3. The summed E-state index contributed by atoms with van der Waals surface area (Å²) in [5.74, 6) is 0.595. The molecule has 156 valence electrons. The van der Waals surface area contributed by atoms with Crippen LogP contribution in [0.5, 0.6) is 0 Å². The topological polar surface area (TPSA) is 83.3 Å². The minimum atomic E-state index is -0.127. The first kappa shape index (κ1) is 21.4. The fraction of sp³-hybridized carbons (Fsp3) is 0.227. The lowest BCUT2D eigenvalue weighted by molar-refractivity contribution is -0.116. The van der Waals surface area contributed by atoms with Gasteiger partial charge in [-0.1, -0.05) is 35.9 Å². The summed E-state index contributed by atoms with van der Waals surface area (Å²) in [7, 11) is 0. The SMILES string of the molecule is CCNC(=NCc1cccc(NC(=O)Cn2cccn2)c1)NCc1ccc(Cl)cc1. The fourth-order valence-corrected chi connectivity index (χ4v) is 2.92. The van der Waals surface area contributed by atoms with Crippen LogP contribution in [0, 0.1) is 0 Å².